The maximum atomic E-state index is 13.1. The molecule has 26 heavy (non-hydrogen) atoms. The van der Waals surface area contributed by atoms with Crippen LogP contribution in [0.5, 0.6) is 0 Å². The van der Waals surface area contributed by atoms with Gasteiger partial charge in [-0.15, -0.1) is 11.3 Å². The third kappa shape index (κ3) is 4.12. The van der Waals surface area contributed by atoms with Crippen LogP contribution in [0.3, 0.4) is 0 Å². The lowest BCUT2D eigenvalue weighted by Gasteiger charge is -2.08. The molecular formula is C19H14F2N2O2S. The second-order valence-corrected chi connectivity index (χ2v) is 6.31. The number of amides is 2. The Balaban J connectivity index is 1.62. The van der Waals surface area contributed by atoms with Gasteiger partial charge in [-0.1, -0.05) is 30.3 Å². The smallest absolute Gasteiger partial charge is 0.262 e. The topological polar surface area (TPSA) is 58.2 Å². The molecule has 0 fully saturated rings. The summed E-state index contributed by atoms with van der Waals surface area (Å²) in [5.74, 6) is -2.97. The van der Waals surface area contributed by atoms with Gasteiger partial charge in [-0.25, -0.2) is 8.78 Å². The number of anilines is 1. The maximum Gasteiger partial charge on any atom is 0.262 e. The number of nitrogens with one attached hydrogen (secondary N) is 2. The van der Waals surface area contributed by atoms with Crippen LogP contribution < -0.4 is 10.6 Å². The van der Waals surface area contributed by atoms with Crippen LogP contribution in [0.2, 0.25) is 0 Å². The fourth-order valence-electron chi connectivity index (χ4n) is 2.35. The molecule has 0 aliphatic carbocycles. The van der Waals surface area contributed by atoms with Gasteiger partial charge in [0.1, 0.15) is 0 Å². The van der Waals surface area contributed by atoms with Gasteiger partial charge in [0.15, 0.2) is 11.6 Å². The number of hydrogen-bond donors (Lipinski definition) is 2. The molecule has 1 heterocycles. The molecule has 1 aromatic heterocycles. The van der Waals surface area contributed by atoms with E-state index in [-0.39, 0.29) is 18.1 Å². The van der Waals surface area contributed by atoms with Crippen LogP contribution >= 0.6 is 11.3 Å². The average Bonchev–Trinajstić information content (AvgIpc) is 3.13. The summed E-state index contributed by atoms with van der Waals surface area (Å²) < 4.78 is 26.0. The first-order valence-corrected chi connectivity index (χ1v) is 8.58. The lowest BCUT2D eigenvalue weighted by atomic mass is 10.1. The van der Waals surface area contributed by atoms with E-state index in [0.29, 0.717) is 4.88 Å². The molecule has 7 heteroatoms. The number of thiophene rings is 1. The van der Waals surface area contributed by atoms with E-state index in [2.05, 4.69) is 10.6 Å². The fraction of sp³-hybridized carbons (Fsp3) is 0.0526. The summed E-state index contributed by atoms with van der Waals surface area (Å²) >= 11 is 1.28. The SMILES string of the molecule is O=C(CNC(=O)c1sccc1-c1ccccc1)Nc1ccc(F)c(F)c1. The highest BCUT2D eigenvalue weighted by Gasteiger charge is 2.15. The van der Waals surface area contributed by atoms with E-state index in [1.54, 1.807) is 5.38 Å². The molecular weight excluding hydrogens is 358 g/mol. The van der Waals surface area contributed by atoms with E-state index in [1.807, 2.05) is 36.4 Å². The standard InChI is InChI=1S/C19H14F2N2O2S/c20-15-7-6-13(10-16(15)21)23-17(24)11-22-19(25)18-14(8-9-26-18)12-4-2-1-3-5-12/h1-10H,11H2,(H,22,25)(H,23,24). The second-order valence-electron chi connectivity index (χ2n) is 5.39. The van der Waals surface area contributed by atoms with E-state index in [9.17, 15) is 18.4 Å². The molecule has 0 atom stereocenters. The van der Waals surface area contributed by atoms with Crippen molar-refractivity contribution in [3.8, 4) is 11.1 Å². The first-order chi connectivity index (χ1) is 12.5. The number of halogens is 2. The minimum absolute atomic E-state index is 0.115. The molecule has 0 unspecified atom stereocenters. The molecule has 0 aliphatic heterocycles. The lowest BCUT2D eigenvalue weighted by molar-refractivity contribution is -0.115. The molecule has 3 aromatic rings. The lowest BCUT2D eigenvalue weighted by Crippen LogP contribution is -2.32. The van der Waals surface area contributed by atoms with Crippen molar-refractivity contribution < 1.29 is 18.4 Å². The van der Waals surface area contributed by atoms with E-state index in [4.69, 9.17) is 0 Å². The van der Waals surface area contributed by atoms with E-state index < -0.39 is 17.5 Å². The van der Waals surface area contributed by atoms with Gasteiger partial charge in [-0.3, -0.25) is 9.59 Å². The minimum atomic E-state index is -1.06. The number of benzene rings is 2. The van der Waals surface area contributed by atoms with Crippen molar-refractivity contribution >= 4 is 28.8 Å². The van der Waals surface area contributed by atoms with Crippen LogP contribution in [0.25, 0.3) is 11.1 Å². The number of carbonyl (C=O) groups excluding carboxylic acids is 2. The minimum Gasteiger partial charge on any atom is -0.342 e. The van der Waals surface area contributed by atoms with Crippen LogP contribution in [0.1, 0.15) is 9.67 Å². The molecule has 0 bridgehead atoms. The Hall–Kier alpha value is -3.06. The Morgan fingerprint density at radius 3 is 2.46 bits per heavy atom. The highest BCUT2D eigenvalue weighted by atomic mass is 32.1. The number of hydrogen-bond acceptors (Lipinski definition) is 3. The Morgan fingerprint density at radius 1 is 0.962 bits per heavy atom. The molecule has 2 aromatic carbocycles. The summed E-state index contributed by atoms with van der Waals surface area (Å²) in [4.78, 5) is 24.8. The molecule has 2 amide bonds. The monoisotopic (exact) mass is 372 g/mol. The molecule has 0 radical (unpaired) electrons. The van der Waals surface area contributed by atoms with Crippen molar-refractivity contribution in [2.45, 2.75) is 0 Å². The van der Waals surface area contributed by atoms with Gasteiger partial charge in [0.2, 0.25) is 5.91 Å². The summed E-state index contributed by atoms with van der Waals surface area (Å²) in [5, 5.41) is 6.74. The highest BCUT2D eigenvalue weighted by Crippen LogP contribution is 2.27. The van der Waals surface area contributed by atoms with E-state index in [1.165, 1.54) is 17.4 Å². The van der Waals surface area contributed by atoms with E-state index in [0.717, 1.165) is 23.3 Å². The zero-order valence-corrected chi connectivity index (χ0v) is 14.3. The van der Waals surface area contributed by atoms with Crippen LogP contribution in [-0.4, -0.2) is 18.4 Å². The Bertz CT molecular complexity index is 942. The molecule has 0 aliphatic rings. The second kappa shape index (κ2) is 7.88. The molecule has 4 nitrogen and oxygen atoms in total. The average molecular weight is 372 g/mol. The van der Waals surface area contributed by atoms with Crippen LogP contribution in [0.15, 0.2) is 60.0 Å². The van der Waals surface area contributed by atoms with Gasteiger partial charge in [0, 0.05) is 17.3 Å². The van der Waals surface area contributed by atoms with Crippen molar-refractivity contribution in [2.24, 2.45) is 0 Å². The third-order valence-electron chi connectivity index (χ3n) is 3.57. The predicted octanol–water partition coefficient (Wildman–Crippen LogP) is 4.06. The number of carbonyl (C=O) groups is 2. The molecule has 132 valence electrons. The molecule has 0 saturated heterocycles. The maximum absolute atomic E-state index is 13.1. The van der Waals surface area contributed by atoms with Gasteiger partial charge >= 0.3 is 0 Å². The normalized spacial score (nSPS) is 10.4. The van der Waals surface area contributed by atoms with Crippen molar-refractivity contribution in [1.82, 2.24) is 5.32 Å². The fourth-order valence-corrected chi connectivity index (χ4v) is 3.18. The summed E-state index contributed by atoms with van der Waals surface area (Å²) in [7, 11) is 0. The molecule has 3 rings (SSSR count). The van der Waals surface area contributed by atoms with Gasteiger partial charge < -0.3 is 10.6 Å². The predicted molar refractivity (Wildman–Crippen MR) is 97.1 cm³/mol. The van der Waals surface area contributed by atoms with Gasteiger partial charge in [-0.2, -0.15) is 0 Å². The number of rotatable bonds is 5. The van der Waals surface area contributed by atoms with Crippen molar-refractivity contribution in [3.05, 3.63) is 76.5 Å². The quantitative estimate of drug-likeness (QED) is 0.710. The molecule has 0 saturated carbocycles. The zero-order valence-electron chi connectivity index (χ0n) is 13.5. The summed E-state index contributed by atoms with van der Waals surface area (Å²) in [6.45, 7) is -0.288. The van der Waals surface area contributed by atoms with Crippen LogP contribution in [0, 0.1) is 11.6 Å². The van der Waals surface area contributed by atoms with Crippen molar-refractivity contribution in [1.29, 1.82) is 0 Å². The summed E-state index contributed by atoms with van der Waals surface area (Å²) in [6, 6.07) is 14.3. The van der Waals surface area contributed by atoms with Crippen molar-refractivity contribution in [2.75, 3.05) is 11.9 Å². The highest BCUT2D eigenvalue weighted by molar-refractivity contribution is 7.12. The first kappa shape index (κ1) is 17.8. The summed E-state index contributed by atoms with van der Waals surface area (Å²) in [6.07, 6.45) is 0. The van der Waals surface area contributed by atoms with Gasteiger partial charge in [0.25, 0.3) is 5.91 Å². The Kier molecular flexibility index (Phi) is 5.38. The third-order valence-corrected chi connectivity index (χ3v) is 4.48. The molecule has 0 spiro atoms. The Morgan fingerprint density at radius 2 is 1.73 bits per heavy atom. The first-order valence-electron chi connectivity index (χ1n) is 7.70. The van der Waals surface area contributed by atoms with E-state index >= 15 is 0 Å². The Labute approximate surface area is 152 Å². The molecule has 2 N–H and O–H groups in total. The van der Waals surface area contributed by atoms with Gasteiger partial charge in [-0.05, 0) is 29.1 Å². The van der Waals surface area contributed by atoms with Gasteiger partial charge in [0.05, 0.1) is 11.4 Å². The summed E-state index contributed by atoms with van der Waals surface area (Å²) in [5.41, 5.74) is 1.81. The van der Waals surface area contributed by atoms with Crippen LogP contribution in [0.4, 0.5) is 14.5 Å². The largest absolute Gasteiger partial charge is 0.342 e. The zero-order chi connectivity index (χ0) is 18.5. The van der Waals surface area contributed by atoms with Crippen molar-refractivity contribution in [3.63, 3.8) is 0 Å². The van der Waals surface area contributed by atoms with Crippen LogP contribution in [-0.2, 0) is 4.79 Å².